The van der Waals surface area contributed by atoms with E-state index in [1.807, 2.05) is 97.1 Å². The summed E-state index contributed by atoms with van der Waals surface area (Å²) in [6, 6.07) is 66.9. The number of aryl methyl sites for hydroxylation is 2. The number of nitriles is 1. The van der Waals surface area contributed by atoms with Crippen molar-refractivity contribution in [2.45, 2.75) is 13.8 Å². The van der Waals surface area contributed by atoms with E-state index in [4.69, 9.17) is 16.5 Å². The number of rotatable bonds is 7. The molecule has 0 aliphatic carbocycles. The minimum atomic E-state index is 0.570. The van der Waals surface area contributed by atoms with E-state index < -0.39 is 0 Å². The number of fused-ring (bicyclic) bond motifs is 3. The third kappa shape index (κ3) is 6.91. The van der Waals surface area contributed by atoms with Crippen LogP contribution in [0, 0.1) is 31.8 Å². The van der Waals surface area contributed by atoms with Crippen molar-refractivity contribution in [3.8, 4) is 79.0 Å². The Morgan fingerprint density at radius 1 is 0.475 bits per heavy atom. The maximum absolute atomic E-state index is 9.85. The quantitative estimate of drug-likeness (QED) is 0.151. The van der Waals surface area contributed by atoms with Crippen molar-refractivity contribution in [1.82, 2.24) is 14.5 Å². The third-order valence-electron chi connectivity index (χ3n) is 11.3. The van der Waals surface area contributed by atoms with Crippen molar-refractivity contribution >= 4 is 27.5 Å². The number of benzene rings is 8. The largest absolute Gasteiger partial charge is 0.308 e. The van der Waals surface area contributed by atoms with Gasteiger partial charge < -0.3 is 4.57 Å². The molecule has 0 saturated heterocycles. The maximum atomic E-state index is 9.85. The molecule has 0 bridgehead atoms. The molecule has 0 saturated carbocycles. The molecule has 10 rings (SSSR count). The molecule has 0 spiro atoms. The predicted octanol–water partition coefficient (Wildman–Crippen LogP) is 14.6. The summed E-state index contributed by atoms with van der Waals surface area (Å²) in [5.74, 6) is 0.630. The van der Waals surface area contributed by atoms with Crippen molar-refractivity contribution in [3.63, 3.8) is 0 Å². The smallest absolute Gasteiger partial charge is 0.187 e. The van der Waals surface area contributed by atoms with E-state index in [-0.39, 0.29) is 0 Å². The highest BCUT2D eigenvalue weighted by Gasteiger charge is 2.23. The molecule has 2 aromatic heterocycles. The highest BCUT2D eigenvalue weighted by atomic mass is 15.0. The molecule has 8 aromatic carbocycles. The summed E-state index contributed by atoms with van der Waals surface area (Å²) in [4.78, 5) is 14.1. The second-order valence-electron chi connectivity index (χ2n) is 15.4. The minimum absolute atomic E-state index is 0.570. The monoisotopic (exact) mass is 779 g/mol. The number of hydrogen-bond acceptors (Lipinski definition) is 3. The van der Waals surface area contributed by atoms with Gasteiger partial charge in [0, 0.05) is 38.6 Å². The number of para-hydroxylation sites is 1. The van der Waals surface area contributed by atoms with Crippen LogP contribution in [0.4, 0.5) is 5.69 Å². The van der Waals surface area contributed by atoms with Crippen molar-refractivity contribution < 1.29 is 0 Å². The first kappa shape index (κ1) is 36.9. The lowest BCUT2D eigenvalue weighted by atomic mass is 9.91. The summed E-state index contributed by atoms with van der Waals surface area (Å²) >= 11 is 0. The fourth-order valence-electron chi connectivity index (χ4n) is 8.51. The van der Waals surface area contributed by atoms with Crippen LogP contribution in [-0.2, 0) is 0 Å². The van der Waals surface area contributed by atoms with E-state index in [0.717, 1.165) is 83.4 Å². The van der Waals surface area contributed by atoms with Gasteiger partial charge >= 0.3 is 0 Å². The molecule has 0 N–H and O–H groups in total. The average Bonchev–Trinajstić information content (AvgIpc) is 3.64. The fourth-order valence-corrected chi connectivity index (χ4v) is 8.51. The van der Waals surface area contributed by atoms with E-state index in [2.05, 4.69) is 120 Å². The highest BCUT2D eigenvalue weighted by Crippen LogP contribution is 2.45. The zero-order valence-electron chi connectivity index (χ0n) is 33.6. The molecule has 0 atom stereocenters. The summed E-state index contributed by atoms with van der Waals surface area (Å²) in [6.07, 6.45) is 0. The lowest BCUT2D eigenvalue weighted by Gasteiger charge is -2.21. The molecule has 5 nitrogen and oxygen atoms in total. The van der Waals surface area contributed by atoms with Crippen molar-refractivity contribution in [2.24, 2.45) is 0 Å². The molecule has 0 aliphatic heterocycles. The normalized spacial score (nSPS) is 11.1. The topological polar surface area (TPSA) is 58.9 Å². The predicted molar refractivity (Wildman–Crippen MR) is 249 cm³/mol. The van der Waals surface area contributed by atoms with Crippen LogP contribution in [0.25, 0.3) is 99.6 Å². The number of hydrogen-bond donors (Lipinski definition) is 0. The molecule has 0 unspecified atom stereocenters. The van der Waals surface area contributed by atoms with Gasteiger partial charge in [0.15, 0.2) is 11.5 Å². The van der Waals surface area contributed by atoms with E-state index in [0.29, 0.717) is 17.1 Å². The Morgan fingerprint density at radius 2 is 1.03 bits per heavy atom. The van der Waals surface area contributed by atoms with Gasteiger partial charge in [-0.2, -0.15) is 5.26 Å². The fraction of sp³-hybridized carbons (Fsp3) is 0.0357. The molecule has 286 valence electrons. The molecule has 0 amide bonds. The molecule has 5 heteroatoms. The summed E-state index contributed by atoms with van der Waals surface area (Å²) < 4.78 is 2.39. The molecule has 0 fully saturated rings. The van der Waals surface area contributed by atoms with E-state index in [1.165, 1.54) is 16.7 Å². The van der Waals surface area contributed by atoms with Gasteiger partial charge in [0.05, 0.1) is 46.3 Å². The Balaban J connectivity index is 1.31. The van der Waals surface area contributed by atoms with Gasteiger partial charge in [-0.15, -0.1) is 0 Å². The van der Waals surface area contributed by atoms with Crippen LogP contribution in [0.15, 0.2) is 188 Å². The first-order valence-corrected chi connectivity index (χ1v) is 20.2. The Kier molecular flexibility index (Phi) is 9.33. The third-order valence-corrected chi connectivity index (χ3v) is 11.3. The first-order valence-electron chi connectivity index (χ1n) is 20.2. The zero-order valence-corrected chi connectivity index (χ0v) is 33.6. The zero-order chi connectivity index (χ0) is 41.5. The first-order chi connectivity index (χ1) is 29.9. The Bertz CT molecular complexity index is 3210. The maximum Gasteiger partial charge on any atom is 0.187 e. The second kappa shape index (κ2) is 15.4. The van der Waals surface area contributed by atoms with E-state index in [1.54, 1.807) is 0 Å². The lowest BCUT2D eigenvalue weighted by molar-refractivity contribution is 1.17. The van der Waals surface area contributed by atoms with Crippen LogP contribution >= 0.6 is 0 Å². The molecular formula is C56H37N5. The lowest BCUT2D eigenvalue weighted by Crippen LogP contribution is -2.03. The van der Waals surface area contributed by atoms with Gasteiger partial charge in [0.25, 0.3) is 0 Å². The van der Waals surface area contributed by atoms with Crippen molar-refractivity contribution in [3.05, 3.63) is 216 Å². The molecule has 61 heavy (non-hydrogen) atoms. The van der Waals surface area contributed by atoms with Crippen LogP contribution in [-0.4, -0.2) is 14.5 Å². The van der Waals surface area contributed by atoms with Crippen LogP contribution < -0.4 is 0 Å². The Labute approximate surface area is 355 Å². The molecule has 2 heterocycles. The average molecular weight is 780 g/mol. The Hall–Kier alpha value is -8.38. The molecule has 0 radical (unpaired) electrons. The number of aromatic nitrogens is 3. The summed E-state index contributed by atoms with van der Waals surface area (Å²) in [5.41, 5.74) is 17.3. The molecule has 10 aromatic rings. The van der Waals surface area contributed by atoms with Gasteiger partial charge in [-0.3, -0.25) is 0 Å². The van der Waals surface area contributed by atoms with Crippen molar-refractivity contribution in [1.29, 1.82) is 5.26 Å². The highest BCUT2D eigenvalue weighted by molar-refractivity contribution is 6.12. The van der Waals surface area contributed by atoms with Gasteiger partial charge in [0.2, 0.25) is 0 Å². The summed E-state index contributed by atoms with van der Waals surface area (Å²) in [7, 11) is 0. The summed E-state index contributed by atoms with van der Waals surface area (Å²) in [6.45, 7) is 12.0. The Morgan fingerprint density at radius 3 is 1.67 bits per heavy atom. The van der Waals surface area contributed by atoms with Crippen LogP contribution in [0.1, 0.15) is 16.7 Å². The second-order valence-corrected chi connectivity index (χ2v) is 15.4. The van der Waals surface area contributed by atoms with Gasteiger partial charge in [0.1, 0.15) is 0 Å². The summed E-state index contributed by atoms with van der Waals surface area (Å²) in [5, 5.41) is 12.1. The number of nitrogens with zero attached hydrogens (tertiary/aromatic N) is 5. The van der Waals surface area contributed by atoms with Gasteiger partial charge in [-0.05, 0) is 84.6 Å². The van der Waals surface area contributed by atoms with Crippen LogP contribution in [0.5, 0.6) is 0 Å². The van der Waals surface area contributed by atoms with Crippen molar-refractivity contribution in [2.75, 3.05) is 0 Å². The minimum Gasteiger partial charge on any atom is -0.308 e. The van der Waals surface area contributed by atoms with E-state index in [9.17, 15) is 5.26 Å². The molecule has 0 aliphatic rings. The molecular weight excluding hydrogens is 743 g/mol. The van der Waals surface area contributed by atoms with Crippen LogP contribution in [0.2, 0.25) is 0 Å². The van der Waals surface area contributed by atoms with E-state index >= 15 is 0 Å². The van der Waals surface area contributed by atoms with Crippen LogP contribution in [0.3, 0.4) is 0 Å². The standard InChI is InChI=1S/C56H37N5/c1-36-28-37(2)30-44(29-36)43-24-27-54-50(31-43)47-16-10-11-17-53(47)61(54)55-48(39-20-18-38(35-57)19-21-39)32-45(33-49(55)40-22-25-46(58-3)26-23-40)52-34-51(41-12-6-4-7-13-41)59-56(60-52)42-14-8-5-9-15-42/h4-34H,1-2H3. The van der Waals surface area contributed by atoms with Gasteiger partial charge in [-0.25, -0.2) is 14.8 Å². The van der Waals surface area contributed by atoms with Gasteiger partial charge in [-0.1, -0.05) is 151 Å². The SMILES string of the molecule is [C-]#[N+]c1ccc(-c2cc(-c3cc(-c4ccccc4)nc(-c4ccccc4)n3)cc(-c3ccc(C#N)cc3)c2-n2c3ccccc3c3cc(-c4cc(C)cc(C)c4)ccc32)cc1.